The standard InChI is InChI=1S/C21H17FN4OS/c1-13-11-15(14(2)26(13)18-7-9-23-10-8-18)12-19-20(27)25-21(28-19)24-17-5-3-16(22)4-6-17/h3-12H,1-2H3,(H,24,25,27)/b19-12+. The Labute approximate surface area is 166 Å². The van der Waals surface area contributed by atoms with Gasteiger partial charge in [0.25, 0.3) is 5.91 Å². The molecule has 1 saturated heterocycles. The van der Waals surface area contributed by atoms with Gasteiger partial charge in [0.1, 0.15) is 5.82 Å². The number of carbonyl (C=O) groups excluding carboxylic acids is 1. The van der Waals surface area contributed by atoms with Crippen molar-refractivity contribution >= 4 is 34.6 Å². The largest absolute Gasteiger partial charge is 0.318 e. The van der Waals surface area contributed by atoms with Gasteiger partial charge in [-0.2, -0.15) is 0 Å². The highest BCUT2D eigenvalue weighted by Crippen LogP contribution is 2.30. The van der Waals surface area contributed by atoms with Crippen molar-refractivity contribution < 1.29 is 9.18 Å². The summed E-state index contributed by atoms with van der Waals surface area (Å²) >= 11 is 1.27. The molecular weight excluding hydrogens is 375 g/mol. The van der Waals surface area contributed by atoms with Crippen LogP contribution < -0.4 is 5.32 Å². The third-order valence-electron chi connectivity index (χ3n) is 4.39. The molecule has 3 heterocycles. The van der Waals surface area contributed by atoms with Gasteiger partial charge in [0, 0.05) is 29.5 Å². The van der Waals surface area contributed by atoms with Crippen LogP contribution in [0.25, 0.3) is 11.8 Å². The highest BCUT2D eigenvalue weighted by Gasteiger charge is 2.24. The summed E-state index contributed by atoms with van der Waals surface area (Å²) in [5, 5.41) is 3.23. The second-order valence-electron chi connectivity index (χ2n) is 6.33. The van der Waals surface area contributed by atoms with Crippen molar-refractivity contribution in [1.29, 1.82) is 0 Å². The number of thioether (sulfide) groups is 1. The van der Waals surface area contributed by atoms with E-state index in [-0.39, 0.29) is 11.7 Å². The number of carbonyl (C=O) groups is 1. The number of aryl methyl sites for hydroxylation is 1. The van der Waals surface area contributed by atoms with E-state index in [9.17, 15) is 9.18 Å². The molecule has 7 heteroatoms. The number of aliphatic imine (C=N–C) groups is 1. The molecule has 0 aliphatic carbocycles. The molecule has 0 saturated carbocycles. The van der Waals surface area contributed by atoms with E-state index in [0.717, 1.165) is 22.6 Å². The van der Waals surface area contributed by atoms with E-state index < -0.39 is 0 Å². The summed E-state index contributed by atoms with van der Waals surface area (Å²) in [4.78, 5) is 21.3. The number of hydrogen-bond donors (Lipinski definition) is 1. The van der Waals surface area contributed by atoms with E-state index in [4.69, 9.17) is 0 Å². The Morgan fingerprint density at radius 3 is 2.57 bits per heavy atom. The van der Waals surface area contributed by atoms with Gasteiger partial charge < -0.3 is 9.88 Å². The first-order chi connectivity index (χ1) is 13.5. The van der Waals surface area contributed by atoms with Crippen molar-refractivity contribution in [2.45, 2.75) is 13.8 Å². The fraction of sp³-hybridized carbons (Fsp3) is 0.0952. The Morgan fingerprint density at radius 1 is 1.14 bits per heavy atom. The van der Waals surface area contributed by atoms with Crippen molar-refractivity contribution in [2.75, 3.05) is 0 Å². The molecule has 1 aliphatic rings. The van der Waals surface area contributed by atoms with E-state index in [2.05, 4.69) is 19.9 Å². The van der Waals surface area contributed by atoms with Gasteiger partial charge in [-0.1, -0.05) is 0 Å². The molecule has 140 valence electrons. The van der Waals surface area contributed by atoms with Crippen LogP contribution >= 0.6 is 11.8 Å². The number of amidine groups is 1. The predicted octanol–water partition coefficient (Wildman–Crippen LogP) is 4.52. The molecule has 1 fully saturated rings. The third kappa shape index (κ3) is 3.61. The number of benzene rings is 1. The molecule has 1 aliphatic heterocycles. The molecule has 4 rings (SSSR count). The van der Waals surface area contributed by atoms with Crippen LogP contribution in [0.4, 0.5) is 10.1 Å². The normalized spacial score (nSPS) is 16.8. The van der Waals surface area contributed by atoms with E-state index in [0.29, 0.717) is 15.8 Å². The number of nitrogens with zero attached hydrogens (tertiary/aromatic N) is 3. The lowest BCUT2D eigenvalue weighted by atomic mass is 10.2. The Morgan fingerprint density at radius 2 is 1.86 bits per heavy atom. The summed E-state index contributed by atoms with van der Waals surface area (Å²) in [6, 6.07) is 11.8. The topological polar surface area (TPSA) is 59.3 Å². The van der Waals surface area contributed by atoms with Crippen LogP contribution in [0.15, 0.2) is 64.8 Å². The number of pyridine rings is 1. The molecule has 28 heavy (non-hydrogen) atoms. The summed E-state index contributed by atoms with van der Waals surface area (Å²) in [7, 11) is 0. The maximum Gasteiger partial charge on any atom is 0.264 e. The summed E-state index contributed by atoms with van der Waals surface area (Å²) in [5.74, 6) is -0.517. The number of aromatic nitrogens is 2. The summed E-state index contributed by atoms with van der Waals surface area (Å²) in [6.07, 6.45) is 5.38. The summed E-state index contributed by atoms with van der Waals surface area (Å²) < 4.78 is 15.1. The molecule has 0 unspecified atom stereocenters. The van der Waals surface area contributed by atoms with E-state index in [1.807, 2.05) is 38.1 Å². The maximum absolute atomic E-state index is 13.0. The van der Waals surface area contributed by atoms with Crippen molar-refractivity contribution in [3.63, 3.8) is 0 Å². The Bertz CT molecular complexity index is 1100. The lowest BCUT2D eigenvalue weighted by molar-refractivity contribution is -0.115. The first kappa shape index (κ1) is 18.2. The fourth-order valence-corrected chi connectivity index (χ4v) is 3.91. The van der Waals surface area contributed by atoms with Gasteiger partial charge in [-0.25, -0.2) is 9.38 Å². The SMILES string of the molecule is Cc1cc(/C=C2/SC(=Nc3ccc(F)cc3)NC2=O)c(C)n1-c1ccncc1. The molecule has 0 atom stereocenters. The Kier molecular flexibility index (Phi) is 4.83. The van der Waals surface area contributed by atoms with E-state index >= 15 is 0 Å². The van der Waals surface area contributed by atoms with Gasteiger partial charge in [0.05, 0.1) is 10.6 Å². The highest BCUT2D eigenvalue weighted by atomic mass is 32.2. The molecule has 1 aromatic carbocycles. The lowest BCUT2D eigenvalue weighted by Gasteiger charge is -2.08. The minimum atomic E-state index is -0.322. The average Bonchev–Trinajstić information content (AvgIpc) is 3.16. The number of hydrogen-bond acceptors (Lipinski definition) is 4. The zero-order valence-electron chi connectivity index (χ0n) is 15.3. The van der Waals surface area contributed by atoms with E-state index in [1.54, 1.807) is 24.5 Å². The fourth-order valence-electron chi connectivity index (χ4n) is 3.08. The monoisotopic (exact) mass is 392 g/mol. The van der Waals surface area contributed by atoms with Gasteiger partial charge in [-0.15, -0.1) is 0 Å². The number of nitrogens with one attached hydrogen (secondary N) is 1. The van der Waals surface area contributed by atoms with Crippen LogP contribution in [0.2, 0.25) is 0 Å². The van der Waals surface area contributed by atoms with Gasteiger partial charge in [-0.3, -0.25) is 9.78 Å². The lowest BCUT2D eigenvalue weighted by Crippen LogP contribution is -2.19. The molecule has 5 nitrogen and oxygen atoms in total. The zero-order chi connectivity index (χ0) is 19.7. The molecule has 1 amide bonds. The summed E-state index contributed by atoms with van der Waals surface area (Å²) in [5.41, 5.74) is 4.68. The zero-order valence-corrected chi connectivity index (χ0v) is 16.1. The Hall–Kier alpha value is -3.19. The first-order valence-corrected chi connectivity index (χ1v) is 9.47. The number of halogens is 1. The van der Waals surface area contributed by atoms with Gasteiger partial charge in [-0.05, 0) is 79.7 Å². The molecule has 1 N–H and O–H groups in total. The quantitative estimate of drug-likeness (QED) is 0.667. The highest BCUT2D eigenvalue weighted by molar-refractivity contribution is 8.18. The summed E-state index contributed by atoms with van der Waals surface area (Å²) in [6.45, 7) is 4.05. The molecule has 2 aromatic heterocycles. The van der Waals surface area contributed by atoms with Crippen LogP contribution in [0.5, 0.6) is 0 Å². The van der Waals surface area contributed by atoms with Crippen LogP contribution in [0, 0.1) is 19.7 Å². The van der Waals surface area contributed by atoms with Crippen LogP contribution in [-0.2, 0) is 4.79 Å². The minimum Gasteiger partial charge on any atom is -0.318 e. The minimum absolute atomic E-state index is 0.195. The molecule has 0 bridgehead atoms. The van der Waals surface area contributed by atoms with Crippen LogP contribution in [0.1, 0.15) is 17.0 Å². The number of amides is 1. The second kappa shape index (κ2) is 7.44. The second-order valence-corrected chi connectivity index (χ2v) is 7.36. The van der Waals surface area contributed by atoms with Crippen LogP contribution in [-0.4, -0.2) is 20.6 Å². The Balaban J connectivity index is 1.63. The predicted molar refractivity (Wildman–Crippen MR) is 110 cm³/mol. The first-order valence-electron chi connectivity index (χ1n) is 8.66. The van der Waals surface area contributed by atoms with Gasteiger partial charge in [0.15, 0.2) is 5.17 Å². The van der Waals surface area contributed by atoms with Crippen molar-refractivity contribution in [2.24, 2.45) is 4.99 Å². The van der Waals surface area contributed by atoms with Crippen molar-refractivity contribution in [3.05, 3.63) is 82.5 Å². The molecule has 0 radical (unpaired) electrons. The molecule has 3 aromatic rings. The maximum atomic E-state index is 13.0. The number of rotatable bonds is 3. The molecule has 0 spiro atoms. The van der Waals surface area contributed by atoms with Gasteiger partial charge >= 0.3 is 0 Å². The van der Waals surface area contributed by atoms with Crippen molar-refractivity contribution in [3.8, 4) is 5.69 Å². The smallest absolute Gasteiger partial charge is 0.264 e. The van der Waals surface area contributed by atoms with Crippen molar-refractivity contribution in [1.82, 2.24) is 14.9 Å². The average molecular weight is 392 g/mol. The van der Waals surface area contributed by atoms with E-state index in [1.165, 1.54) is 23.9 Å². The third-order valence-corrected chi connectivity index (χ3v) is 5.30. The van der Waals surface area contributed by atoms with Gasteiger partial charge in [0.2, 0.25) is 0 Å². The molecular formula is C21H17FN4OS. The van der Waals surface area contributed by atoms with Crippen LogP contribution in [0.3, 0.4) is 0 Å².